The molecule has 1 heterocycles. The van der Waals surface area contributed by atoms with E-state index in [0.717, 1.165) is 37.5 Å². The average molecular weight is 254 g/mol. The van der Waals surface area contributed by atoms with Crippen LogP contribution in [0.2, 0.25) is 0 Å². The Morgan fingerprint density at radius 2 is 2.12 bits per heavy atom. The average Bonchev–Trinajstić information content (AvgIpc) is 2.82. The smallest absolute Gasteiger partial charge is 0.135 e. The highest BCUT2D eigenvalue weighted by molar-refractivity contribution is 6.17. The first-order valence-electron chi connectivity index (χ1n) is 6.43. The lowest BCUT2D eigenvalue weighted by molar-refractivity contribution is 0.701. The fraction of sp³-hybridized carbons (Fsp3) is 0.692. The van der Waals surface area contributed by atoms with Gasteiger partial charge >= 0.3 is 0 Å². The van der Waals surface area contributed by atoms with Crippen LogP contribution in [0.5, 0.6) is 0 Å². The molecular weight excluding hydrogens is 234 g/mol. The van der Waals surface area contributed by atoms with Crippen molar-refractivity contribution >= 4 is 17.4 Å². The summed E-state index contributed by atoms with van der Waals surface area (Å²) in [6.45, 7) is 1.06. The normalized spacial score (nSPS) is 13.8. The van der Waals surface area contributed by atoms with Gasteiger partial charge in [-0.15, -0.1) is 11.6 Å². The fourth-order valence-corrected chi connectivity index (χ4v) is 2.59. The highest BCUT2D eigenvalue weighted by Crippen LogP contribution is 2.27. The first-order valence-corrected chi connectivity index (χ1v) is 6.96. The lowest BCUT2D eigenvalue weighted by Gasteiger charge is -2.20. The number of hydrogen-bond acceptors (Lipinski definition) is 3. The maximum atomic E-state index is 5.68. The van der Waals surface area contributed by atoms with Crippen molar-refractivity contribution in [2.24, 2.45) is 0 Å². The van der Waals surface area contributed by atoms with Crippen molar-refractivity contribution in [1.82, 2.24) is 9.97 Å². The second-order valence-corrected chi connectivity index (χ2v) is 5.03. The van der Waals surface area contributed by atoms with Crippen molar-refractivity contribution in [1.29, 1.82) is 0 Å². The van der Waals surface area contributed by atoms with Gasteiger partial charge in [0, 0.05) is 30.7 Å². The summed E-state index contributed by atoms with van der Waals surface area (Å²) in [7, 11) is 2.13. The zero-order chi connectivity index (χ0) is 12.1. The van der Waals surface area contributed by atoms with Crippen LogP contribution in [0.25, 0.3) is 0 Å². The van der Waals surface area contributed by atoms with E-state index in [9.17, 15) is 0 Å². The van der Waals surface area contributed by atoms with Gasteiger partial charge in [-0.1, -0.05) is 6.42 Å². The molecule has 0 aromatic carbocycles. The molecule has 2 rings (SSSR count). The van der Waals surface area contributed by atoms with E-state index in [1.165, 1.54) is 30.5 Å². The molecule has 1 aliphatic carbocycles. The van der Waals surface area contributed by atoms with E-state index >= 15 is 0 Å². The number of hydrogen-bond donors (Lipinski definition) is 0. The van der Waals surface area contributed by atoms with Crippen molar-refractivity contribution in [3.8, 4) is 0 Å². The predicted octanol–water partition coefficient (Wildman–Crippen LogP) is 2.81. The molecule has 0 N–H and O–H groups in total. The predicted molar refractivity (Wildman–Crippen MR) is 71.9 cm³/mol. The molecule has 17 heavy (non-hydrogen) atoms. The SMILES string of the molecule is CN(CCCCCCl)c1ncnc2c1CCC2. The number of aryl methyl sites for hydroxylation is 1. The summed E-state index contributed by atoms with van der Waals surface area (Å²) in [4.78, 5) is 11.1. The van der Waals surface area contributed by atoms with E-state index in [4.69, 9.17) is 11.6 Å². The molecule has 1 aliphatic rings. The molecule has 0 saturated heterocycles. The van der Waals surface area contributed by atoms with Crippen LogP contribution in [-0.4, -0.2) is 29.4 Å². The largest absolute Gasteiger partial charge is 0.359 e. The van der Waals surface area contributed by atoms with Crippen LogP contribution in [-0.2, 0) is 12.8 Å². The van der Waals surface area contributed by atoms with E-state index < -0.39 is 0 Å². The van der Waals surface area contributed by atoms with E-state index in [1.54, 1.807) is 6.33 Å². The van der Waals surface area contributed by atoms with Gasteiger partial charge in [-0.3, -0.25) is 0 Å². The molecule has 0 amide bonds. The minimum Gasteiger partial charge on any atom is -0.359 e. The molecule has 0 radical (unpaired) electrons. The maximum Gasteiger partial charge on any atom is 0.135 e. The molecule has 0 bridgehead atoms. The highest BCUT2D eigenvalue weighted by atomic mass is 35.5. The minimum absolute atomic E-state index is 0.770. The third-order valence-electron chi connectivity index (χ3n) is 3.34. The van der Waals surface area contributed by atoms with Crippen LogP contribution in [0, 0.1) is 0 Å². The summed E-state index contributed by atoms with van der Waals surface area (Å²) in [5.41, 5.74) is 2.62. The first-order chi connectivity index (χ1) is 8.33. The molecule has 3 nitrogen and oxygen atoms in total. The summed E-state index contributed by atoms with van der Waals surface area (Å²) in [6.07, 6.45) is 8.67. The molecule has 0 atom stereocenters. The van der Waals surface area contributed by atoms with E-state index in [2.05, 4.69) is 21.9 Å². The Bertz CT molecular complexity index is 368. The standard InChI is InChI=1S/C13H20ClN3/c1-17(9-4-2-3-8-14)13-11-6-5-7-12(11)15-10-16-13/h10H,2-9H2,1H3. The lowest BCUT2D eigenvalue weighted by atomic mass is 10.2. The Morgan fingerprint density at radius 3 is 2.94 bits per heavy atom. The van der Waals surface area contributed by atoms with Crippen LogP contribution < -0.4 is 4.90 Å². The van der Waals surface area contributed by atoms with E-state index in [0.29, 0.717) is 0 Å². The number of halogens is 1. The molecule has 0 aliphatic heterocycles. The third kappa shape index (κ3) is 3.09. The molecule has 0 saturated carbocycles. The molecule has 0 fully saturated rings. The molecular formula is C13H20ClN3. The second-order valence-electron chi connectivity index (χ2n) is 4.65. The van der Waals surface area contributed by atoms with Gasteiger partial charge in [0.25, 0.3) is 0 Å². The molecule has 1 aromatic heterocycles. The van der Waals surface area contributed by atoms with Gasteiger partial charge in [-0.05, 0) is 32.1 Å². The van der Waals surface area contributed by atoms with Crippen LogP contribution in [0.1, 0.15) is 36.9 Å². The number of rotatable bonds is 6. The van der Waals surface area contributed by atoms with E-state index in [1.807, 2.05) is 0 Å². The Kier molecular flexibility index (Phi) is 4.60. The van der Waals surface area contributed by atoms with Gasteiger partial charge in [-0.2, -0.15) is 0 Å². The zero-order valence-corrected chi connectivity index (χ0v) is 11.2. The summed E-state index contributed by atoms with van der Waals surface area (Å²) >= 11 is 5.68. The summed E-state index contributed by atoms with van der Waals surface area (Å²) < 4.78 is 0. The van der Waals surface area contributed by atoms with Gasteiger partial charge in [0.05, 0.1) is 0 Å². The van der Waals surface area contributed by atoms with Gasteiger partial charge < -0.3 is 4.90 Å². The molecule has 94 valence electrons. The number of alkyl halides is 1. The monoisotopic (exact) mass is 253 g/mol. The topological polar surface area (TPSA) is 29.0 Å². The lowest BCUT2D eigenvalue weighted by Crippen LogP contribution is -2.21. The first kappa shape index (κ1) is 12.6. The van der Waals surface area contributed by atoms with Crippen LogP contribution >= 0.6 is 11.6 Å². The molecule has 0 spiro atoms. The number of unbranched alkanes of at least 4 members (excludes halogenated alkanes) is 2. The Hall–Kier alpha value is -0.830. The quantitative estimate of drug-likeness (QED) is 0.577. The highest BCUT2D eigenvalue weighted by Gasteiger charge is 2.18. The fourth-order valence-electron chi connectivity index (χ4n) is 2.40. The number of anilines is 1. The number of fused-ring (bicyclic) bond motifs is 1. The molecule has 1 aromatic rings. The van der Waals surface area contributed by atoms with Gasteiger partial charge in [-0.25, -0.2) is 9.97 Å². The third-order valence-corrected chi connectivity index (χ3v) is 3.61. The van der Waals surface area contributed by atoms with Crippen molar-refractivity contribution < 1.29 is 0 Å². The Morgan fingerprint density at radius 1 is 1.24 bits per heavy atom. The van der Waals surface area contributed by atoms with Gasteiger partial charge in [0.15, 0.2) is 0 Å². The minimum atomic E-state index is 0.770. The summed E-state index contributed by atoms with van der Waals surface area (Å²) in [6, 6.07) is 0. The van der Waals surface area contributed by atoms with Gasteiger partial charge in [0.1, 0.15) is 12.1 Å². The van der Waals surface area contributed by atoms with Gasteiger partial charge in [0.2, 0.25) is 0 Å². The maximum absolute atomic E-state index is 5.68. The van der Waals surface area contributed by atoms with Crippen molar-refractivity contribution in [3.63, 3.8) is 0 Å². The van der Waals surface area contributed by atoms with Crippen molar-refractivity contribution in [2.45, 2.75) is 38.5 Å². The van der Waals surface area contributed by atoms with Crippen molar-refractivity contribution in [3.05, 3.63) is 17.6 Å². The Labute approximate surface area is 108 Å². The van der Waals surface area contributed by atoms with Crippen molar-refractivity contribution in [2.75, 3.05) is 24.4 Å². The molecule has 0 unspecified atom stereocenters. The van der Waals surface area contributed by atoms with Crippen LogP contribution in [0.15, 0.2) is 6.33 Å². The Balaban J connectivity index is 1.95. The van der Waals surface area contributed by atoms with Crippen LogP contribution in [0.3, 0.4) is 0 Å². The molecule has 4 heteroatoms. The second kappa shape index (κ2) is 6.20. The number of nitrogens with zero attached hydrogens (tertiary/aromatic N) is 3. The summed E-state index contributed by atoms with van der Waals surface area (Å²) in [5, 5.41) is 0. The summed E-state index contributed by atoms with van der Waals surface area (Å²) in [5.74, 6) is 1.91. The zero-order valence-electron chi connectivity index (χ0n) is 10.5. The van der Waals surface area contributed by atoms with Crippen LogP contribution in [0.4, 0.5) is 5.82 Å². The number of aromatic nitrogens is 2. The van der Waals surface area contributed by atoms with E-state index in [-0.39, 0.29) is 0 Å².